The van der Waals surface area contributed by atoms with Crippen LogP contribution >= 0.6 is 27.3 Å². The van der Waals surface area contributed by atoms with Gasteiger partial charge < -0.3 is 9.73 Å². The molecule has 2 aromatic rings. The first-order valence-corrected chi connectivity index (χ1v) is 7.87. The average molecular weight is 344 g/mol. The van der Waals surface area contributed by atoms with Gasteiger partial charge in [0.1, 0.15) is 5.01 Å². The van der Waals surface area contributed by atoms with Crippen molar-refractivity contribution in [2.75, 3.05) is 6.54 Å². The molecule has 0 atom stereocenters. The van der Waals surface area contributed by atoms with Gasteiger partial charge >= 0.3 is 0 Å². The minimum atomic E-state index is 0.175. The van der Waals surface area contributed by atoms with E-state index in [2.05, 4.69) is 52.2 Å². The quantitative estimate of drug-likeness (QED) is 0.837. The summed E-state index contributed by atoms with van der Waals surface area (Å²) in [7, 11) is 0. The topological polar surface area (TPSA) is 51.0 Å². The van der Waals surface area contributed by atoms with E-state index in [9.17, 15) is 0 Å². The Balaban J connectivity index is 1.87. The van der Waals surface area contributed by atoms with Crippen molar-refractivity contribution in [1.82, 2.24) is 15.5 Å². The predicted octanol–water partition coefficient (Wildman–Crippen LogP) is 3.88. The summed E-state index contributed by atoms with van der Waals surface area (Å²) in [6.07, 6.45) is 3.67. The summed E-state index contributed by atoms with van der Waals surface area (Å²) < 4.78 is 5.92. The third kappa shape index (κ3) is 4.40. The lowest BCUT2D eigenvalue weighted by Gasteiger charge is -2.20. The second-order valence-corrected chi connectivity index (χ2v) is 7.17. The third-order valence-electron chi connectivity index (χ3n) is 2.54. The molecule has 0 unspecified atom stereocenters. The Morgan fingerprint density at radius 2 is 2.16 bits per heavy atom. The molecule has 0 spiro atoms. The Bertz CT molecular complexity index is 530. The first-order chi connectivity index (χ1) is 8.96. The molecular weight excluding hydrogens is 326 g/mol. The van der Waals surface area contributed by atoms with Crippen molar-refractivity contribution in [2.45, 2.75) is 39.2 Å². The van der Waals surface area contributed by atoms with Crippen molar-refractivity contribution < 1.29 is 4.42 Å². The number of rotatable bonds is 5. The fourth-order valence-corrected chi connectivity index (χ4v) is 3.08. The summed E-state index contributed by atoms with van der Waals surface area (Å²) in [5, 5.41) is 13.9. The molecule has 2 aromatic heterocycles. The molecule has 0 saturated carbocycles. The second-order valence-electron chi connectivity index (χ2n) is 5.39. The van der Waals surface area contributed by atoms with Gasteiger partial charge in [-0.05, 0) is 55.7 Å². The first kappa shape index (κ1) is 14.7. The monoisotopic (exact) mass is 343 g/mol. The van der Waals surface area contributed by atoms with Crippen LogP contribution < -0.4 is 5.32 Å². The van der Waals surface area contributed by atoms with Gasteiger partial charge in [0.25, 0.3) is 0 Å². The molecule has 4 nitrogen and oxygen atoms in total. The van der Waals surface area contributed by atoms with Crippen LogP contribution in [0.5, 0.6) is 0 Å². The smallest absolute Gasteiger partial charge is 0.179 e. The molecule has 0 aromatic carbocycles. The average Bonchev–Trinajstić information content (AvgIpc) is 2.91. The Kier molecular flexibility index (Phi) is 4.76. The van der Waals surface area contributed by atoms with Crippen LogP contribution in [0, 0.1) is 0 Å². The zero-order chi connectivity index (χ0) is 13.9. The number of nitrogens with one attached hydrogen (secondary N) is 1. The minimum absolute atomic E-state index is 0.175. The Morgan fingerprint density at radius 1 is 1.37 bits per heavy atom. The Hall–Kier alpha value is -0.720. The Labute approximate surface area is 125 Å². The van der Waals surface area contributed by atoms with E-state index in [4.69, 9.17) is 4.42 Å². The van der Waals surface area contributed by atoms with Crippen LogP contribution in [0.15, 0.2) is 21.4 Å². The van der Waals surface area contributed by atoms with E-state index in [0.29, 0.717) is 4.67 Å². The van der Waals surface area contributed by atoms with Crippen molar-refractivity contribution >= 4 is 27.3 Å². The summed E-state index contributed by atoms with van der Waals surface area (Å²) in [6, 6.07) is 1.90. The van der Waals surface area contributed by atoms with Gasteiger partial charge in [-0.2, -0.15) is 0 Å². The largest absolute Gasteiger partial charge is 0.457 e. The molecule has 0 amide bonds. The fraction of sp³-hybridized carbons (Fsp3) is 0.538. The highest BCUT2D eigenvalue weighted by Crippen LogP contribution is 2.31. The number of hydrogen-bond donors (Lipinski definition) is 1. The highest BCUT2D eigenvalue weighted by atomic mass is 79.9. The molecule has 0 radical (unpaired) electrons. The van der Waals surface area contributed by atoms with Crippen molar-refractivity contribution in [3.05, 3.63) is 22.0 Å². The first-order valence-electron chi connectivity index (χ1n) is 6.26. The molecule has 0 fully saturated rings. The number of nitrogens with zero attached hydrogens (tertiary/aromatic N) is 2. The minimum Gasteiger partial charge on any atom is -0.457 e. The van der Waals surface area contributed by atoms with E-state index in [1.165, 1.54) is 0 Å². The van der Waals surface area contributed by atoms with Crippen LogP contribution in [-0.4, -0.2) is 22.3 Å². The van der Waals surface area contributed by atoms with E-state index in [-0.39, 0.29) is 5.54 Å². The van der Waals surface area contributed by atoms with Gasteiger partial charge in [-0.3, -0.25) is 0 Å². The maximum atomic E-state index is 5.21. The number of aryl methyl sites for hydroxylation is 1. The van der Waals surface area contributed by atoms with Crippen LogP contribution in [0.25, 0.3) is 10.6 Å². The van der Waals surface area contributed by atoms with Crippen molar-refractivity contribution in [3.8, 4) is 10.6 Å². The van der Waals surface area contributed by atoms with Crippen LogP contribution in [0.3, 0.4) is 0 Å². The number of halogens is 1. The molecule has 0 saturated heterocycles. The fourth-order valence-electron chi connectivity index (χ4n) is 1.61. The lowest BCUT2D eigenvalue weighted by molar-refractivity contribution is 0.422. The molecular formula is C13H18BrN3OS. The molecule has 0 aliphatic heterocycles. The lowest BCUT2D eigenvalue weighted by atomic mass is 10.1. The number of furan rings is 1. The SMILES string of the molecule is CC(C)(C)NCCCc1nnc(-c2ccoc2Br)s1. The van der Waals surface area contributed by atoms with E-state index in [0.717, 1.165) is 35.0 Å². The van der Waals surface area contributed by atoms with Crippen LogP contribution in [0.1, 0.15) is 32.2 Å². The summed E-state index contributed by atoms with van der Waals surface area (Å²) in [6.45, 7) is 7.51. The van der Waals surface area contributed by atoms with Crippen molar-refractivity contribution in [3.63, 3.8) is 0 Å². The highest BCUT2D eigenvalue weighted by molar-refractivity contribution is 9.10. The van der Waals surface area contributed by atoms with Crippen LogP contribution in [-0.2, 0) is 6.42 Å². The maximum absolute atomic E-state index is 5.21. The van der Waals surface area contributed by atoms with Crippen molar-refractivity contribution in [2.24, 2.45) is 0 Å². The molecule has 1 N–H and O–H groups in total. The van der Waals surface area contributed by atoms with E-state index in [1.807, 2.05) is 6.07 Å². The zero-order valence-electron chi connectivity index (χ0n) is 11.4. The second kappa shape index (κ2) is 6.15. The van der Waals surface area contributed by atoms with Crippen molar-refractivity contribution in [1.29, 1.82) is 0 Å². The molecule has 0 aliphatic rings. The number of aromatic nitrogens is 2. The highest BCUT2D eigenvalue weighted by Gasteiger charge is 2.12. The number of hydrogen-bond acceptors (Lipinski definition) is 5. The van der Waals surface area contributed by atoms with Gasteiger partial charge in [0.05, 0.1) is 11.8 Å². The van der Waals surface area contributed by atoms with Gasteiger partial charge in [-0.25, -0.2) is 0 Å². The van der Waals surface area contributed by atoms with Gasteiger partial charge in [-0.15, -0.1) is 10.2 Å². The summed E-state index contributed by atoms with van der Waals surface area (Å²) in [5.74, 6) is 0. The molecule has 104 valence electrons. The lowest BCUT2D eigenvalue weighted by Crippen LogP contribution is -2.36. The Morgan fingerprint density at radius 3 is 2.79 bits per heavy atom. The summed E-state index contributed by atoms with van der Waals surface area (Å²) in [4.78, 5) is 0. The van der Waals surface area contributed by atoms with E-state index < -0.39 is 0 Å². The molecule has 0 bridgehead atoms. The third-order valence-corrected chi connectivity index (χ3v) is 4.17. The van der Waals surface area contributed by atoms with E-state index >= 15 is 0 Å². The summed E-state index contributed by atoms with van der Waals surface area (Å²) in [5.41, 5.74) is 1.14. The summed E-state index contributed by atoms with van der Waals surface area (Å²) >= 11 is 4.98. The maximum Gasteiger partial charge on any atom is 0.179 e. The molecule has 19 heavy (non-hydrogen) atoms. The van der Waals surface area contributed by atoms with Crippen LogP contribution in [0.2, 0.25) is 0 Å². The van der Waals surface area contributed by atoms with Gasteiger partial charge in [0, 0.05) is 12.0 Å². The van der Waals surface area contributed by atoms with Gasteiger partial charge in [0.15, 0.2) is 9.68 Å². The van der Waals surface area contributed by atoms with Gasteiger partial charge in [-0.1, -0.05) is 11.3 Å². The molecule has 2 rings (SSSR count). The zero-order valence-corrected chi connectivity index (χ0v) is 13.8. The van der Waals surface area contributed by atoms with Crippen LogP contribution in [0.4, 0.5) is 0 Å². The standard InChI is InChI=1S/C13H18BrN3OS/c1-13(2,3)15-7-4-5-10-16-17-12(19-10)9-6-8-18-11(9)14/h6,8,15H,4-5,7H2,1-3H3. The normalized spacial score (nSPS) is 12.0. The predicted molar refractivity (Wildman–Crippen MR) is 81.4 cm³/mol. The molecule has 2 heterocycles. The van der Waals surface area contributed by atoms with Gasteiger partial charge in [0.2, 0.25) is 0 Å². The molecule has 0 aliphatic carbocycles. The van der Waals surface area contributed by atoms with E-state index in [1.54, 1.807) is 17.6 Å². The molecule has 6 heteroatoms.